The molecule has 0 N–H and O–H groups in total. The minimum atomic E-state index is -2.09. The molecular weight excluding hydrogens is 560 g/mol. The topological polar surface area (TPSA) is 80.3 Å². The van der Waals surface area contributed by atoms with Crippen molar-refractivity contribution in [2.75, 3.05) is 13.2 Å². The molecule has 0 aromatic heterocycles. The highest BCUT2D eigenvalue weighted by Crippen LogP contribution is 2.42. The molecule has 1 aliphatic rings. The van der Waals surface area contributed by atoms with E-state index in [1.807, 2.05) is 26.0 Å². The van der Waals surface area contributed by atoms with Crippen LogP contribution in [0, 0.1) is 5.92 Å². The molecule has 0 amide bonds. The van der Waals surface area contributed by atoms with E-state index in [1.54, 1.807) is 48.5 Å². The molecule has 1 aliphatic heterocycles. The van der Waals surface area contributed by atoms with E-state index >= 15 is 0 Å². The summed E-state index contributed by atoms with van der Waals surface area (Å²) in [6, 6.07) is 17.5. The summed E-state index contributed by atoms with van der Waals surface area (Å²) in [5.74, 6) is -1.30. The lowest BCUT2D eigenvalue weighted by molar-refractivity contribution is -0.280. The Morgan fingerprint density at radius 3 is 1.70 bits per heavy atom. The molecule has 5 atom stereocenters. The highest BCUT2D eigenvalue weighted by Gasteiger charge is 2.49. The number of esters is 2. The van der Waals surface area contributed by atoms with E-state index in [4.69, 9.17) is 23.4 Å². The van der Waals surface area contributed by atoms with Crippen molar-refractivity contribution in [3.63, 3.8) is 0 Å². The van der Waals surface area contributed by atoms with E-state index in [0.29, 0.717) is 40.8 Å². The maximum Gasteiger partial charge on any atom is 0.338 e. The van der Waals surface area contributed by atoms with Crippen molar-refractivity contribution >= 4 is 20.3 Å². The molecule has 8 heteroatoms. The van der Waals surface area contributed by atoms with Crippen molar-refractivity contribution in [1.29, 1.82) is 0 Å². The summed E-state index contributed by atoms with van der Waals surface area (Å²) in [6.45, 7) is 22.2. The molecule has 1 fully saturated rings. The van der Waals surface area contributed by atoms with E-state index in [1.165, 1.54) is 0 Å². The number of hydrogen-bond acceptors (Lipinski definition) is 7. The van der Waals surface area contributed by atoms with Crippen molar-refractivity contribution in [2.45, 2.75) is 103 Å². The summed E-state index contributed by atoms with van der Waals surface area (Å²) in [6.07, 6.45) is -2.38. The molecule has 0 bridgehead atoms. The third kappa shape index (κ3) is 8.44. The summed E-state index contributed by atoms with van der Waals surface area (Å²) < 4.78 is 31.4. The molecular formula is C35H50O7Si. The summed E-state index contributed by atoms with van der Waals surface area (Å²) >= 11 is 0. The highest BCUT2D eigenvalue weighted by atomic mass is 28.4. The van der Waals surface area contributed by atoms with Gasteiger partial charge in [0.25, 0.3) is 0 Å². The first kappa shape index (κ1) is 34.7. The van der Waals surface area contributed by atoms with Crippen molar-refractivity contribution in [2.24, 2.45) is 5.92 Å². The van der Waals surface area contributed by atoms with Gasteiger partial charge in [-0.2, -0.15) is 0 Å². The second-order valence-electron chi connectivity index (χ2n) is 12.4. The van der Waals surface area contributed by atoms with Crippen LogP contribution in [-0.4, -0.2) is 58.1 Å². The Labute approximate surface area is 259 Å². The highest BCUT2D eigenvalue weighted by molar-refractivity contribution is 6.77. The minimum Gasteiger partial charge on any atom is -0.454 e. The molecule has 0 aliphatic carbocycles. The van der Waals surface area contributed by atoms with Gasteiger partial charge in [-0.3, -0.25) is 0 Å². The Balaban J connectivity index is 1.83. The van der Waals surface area contributed by atoms with Crippen LogP contribution in [0.3, 0.4) is 0 Å². The van der Waals surface area contributed by atoms with E-state index in [2.05, 4.69) is 48.1 Å². The normalized spacial score (nSPS) is 22.5. The lowest BCUT2D eigenvalue weighted by atomic mass is 9.89. The predicted octanol–water partition coefficient (Wildman–Crippen LogP) is 7.97. The first-order valence-corrected chi connectivity index (χ1v) is 17.7. The van der Waals surface area contributed by atoms with E-state index in [-0.39, 0.29) is 18.6 Å². The largest absolute Gasteiger partial charge is 0.454 e. The van der Waals surface area contributed by atoms with Crippen LogP contribution in [0.4, 0.5) is 0 Å². The SMILES string of the molecule is C=C(CO[C@@H]1O[C@H](CC)[C@@H](C)[C@H](OC(=O)c2ccccc2)[C@H]1OC(=O)c1ccccc1)CO[Si](C(C)C)(C(C)C)C(C)C. The van der Waals surface area contributed by atoms with Crippen molar-refractivity contribution < 1.29 is 33.0 Å². The first-order valence-electron chi connectivity index (χ1n) is 15.5. The fourth-order valence-corrected chi connectivity index (χ4v) is 11.9. The molecule has 7 nitrogen and oxygen atoms in total. The predicted molar refractivity (Wildman–Crippen MR) is 171 cm³/mol. The van der Waals surface area contributed by atoms with Gasteiger partial charge in [0.2, 0.25) is 8.32 Å². The molecule has 1 saturated heterocycles. The van der Waals surface area contributed by atoms with Crippen LogP contribution < -0.4 is 0 Å². The fraction of sp³-hybridized carbons (Fsp3) is 0.543. The second-order valence-corrected chi connectivity index (χ2v) is 17.9. The van der Waals surface area contributed by atoms with Gasteiger partial charge in [0.1, 0.15) is 6.10 Å². The lowest BCUT2D eigenvalue weighted by Crippen LogP contribution is -2.57. The smallest absolute Gasteiger partial charge is 0.338 e. The summed E-state index contributed by atoms with van der Waals surface area (Å²) in [4.78, 5) is 26.5. The average Bonchev–Trinajstić information content (AvgIpc) is 2.99. The van der Waals surface area contributed by atoms with E-state index in [9.17, 15) is 9.59 Å². The molecule has 1 heterocycles. The van der Waals surface area contributed by atoms with Gasteiger partial charge in [-0.1, -0.05) is 98.4 Å². The summed E-state index contributed by atoms with van der Waals surface area (Å²) in [7, 11) is -2.09. The molecule has 236 valence electrons. The number of carbonyl (C=O) groups excluding carboxylic acids is 2. The maximum absolute atomic E-state index is 13.3. The second kappa shape index (κ2) is 15.8. The van der Waals surface area contributed by atoms with Gasteiger partial charge in [0.05, 0.1) is 30.4 Å². The maximum atomic E-state index is 13.3. The Morgan fingerprint density at radius 1 is 0.791 bits per heavy atom. The Kier molecular flexibility index (Phi) is 12.7. The van der Waals surface area contributed by atoms with Crippen molar-refractivity contribution in [1.82, 2.24) is 0 Å². The molecule has 0 radical (unpaired) electrons. The molecule has 0 spiro atoms. The van der Waals surface area contributed by atoms with Crippen LogP contribution in [0.25, 0.3) is 0 Å². The molecule has 0 unspecified atom stereocenters. The zero-order chi connectivity index (χ0) is 31.7. The summed E-state index contributed by atoms with van der Waals surface area (Å²) in [5.41, 5.74) is 2.89. The number of carbonyl (C=O) groups is 2. The zero-order valence-corrected chi connectivity index (χ0v) is 28.1. The van der Waals surface area contributed by atoms with E-state index in [0.717, 1.165) is 5.57 Å². The number of rotatable bonds is 14. The number of ether oxygens (including phenoxy) is 4. The van der Waals surface area contributed by atoms with Crippen LogP contribution in [0.5, 0.6) is 0 Å². The molecule has 0 saturated carbocycles. The quantitative estimate of drug-likeness (QED) is 0.122. The Morgan fingerprint density at radius 2 is 1.26 bits per heavy atom. The molecule has 43 heavy (non-hydrogen) atoms. The monoisotopic (exact) mass is 610 g/mol. The van der Waals surface area contributed by atoms with Crippen LogP contribution >= 0.6 is 0 Å². The van der Waals surface area contributed by atoms with Gasteiger partial charge in [-0.05, 0) is 52.9 Å². The van der Waals surface area contributed by atoms with Gasteiger partial charge in [0.15, 0.2) is 12.4 Å². The zero-order valence-electron chi connectivity index (χ0n) is 27.1. The molecule has 2 aromatic carbocycles. The summed E-state index contributed by atoms with van der Waals surface area (Å²) in [5, 5.41) is 0. The van der Waals surface area contributed by atoms with Crippen molar-refractivity contribution in [3.8, 4) is 0 Å². The lowest BCUT2D eigenvalue weighted by Gasteiger charge is -2.44. The van der Waals surface area contributed by atoms with E-state index < -0.39 is 38.8 Å². The van der Waals surface area contributed by atoms with Gasteiger partial charge in [-0.25, -0.2) is 9.59 Å². The van der Waals surface area contributed by atoms with Crippen molar-refractivity contribution in [3.05, 3.63) is 83.9 Å². The van der Waals surface area contributed by atoms with Gasteiger partial charge in [0, 0.05) is 5.92 Å². The first-order chi connectivity index (χ1) is 20.4. The van der Waals surface area contributed by atoms with Crippen LogP contribution in [0.1, 0.15) is 82.5 Å². The van der Waals surface area contributed by atoms with Crippen LogP contribution in [-0.2, 0) is 23.4 Å². The average molecular weight is 611 g/mol. The number of benzene rings is 2. The van der Waals surface area contributed by atoms with Crippen LogP contribution in [0.2, 0.25) is 16.6 Å². The third-order valence-corrected chi connectivity index (χ3v) is 14.7. The van der Waals surface area contributed by atoms with Gasteiger partial charge < -0.3 is 23.4 Å². The molecule has 2 aromatic rings. The van der Waals surface area contributed by atoms with Crippen LogP contribution in [0.15, 0.2) is 72.8 Å². The Bertz CT molecular complexity index is 1160. The van der Waals surface area contributed by atoms with Gasteiger partial charge >= 0.3 is 11.9 Å². The Hall–Kier alpha value is -2.78. The number of hydrogen-bond donors (Lipinski definition) is 0. The third-order valence-electron chi connectivity index (χ3n) is 8.60. The standard InChI is InChI=1S/C35H50O7Si/c1-10-30-27(9)31(41-33(36)28-17-13-11-14-18-28)32(42-34(37)29-19-15-12-16-20-29)35(40-30)38-21-26(8)22-39-43(23(2)3,24(4)5)25(6)7/h11-20,23-25,27,30-32,35H,8,10,21-22H2,1-7,9H3/t27-,30-,31+,32-,35-/m1/s1. The minimum absolute atomic E-state index is 0.146. The van der Waals surface area contributed by atoms with Gasteiger partial charge in [-0.15, -0.1) is 0 Å². The molecule has 3 rings (SSSR count). The fourth-order valence-electron chi connectivity index (χ4n) is 6.44.